The van der Waals surface area contributed by atoms with E-state index in [1.165, 1.54) is 12.1 Å². The summed E-state index contributed by atoms with van der Waals surface area (Å²) in [6.07, 6.45) is 0.671. The molecule has 0 amide bonds. The van der Waals surface area contributed by atoms with E-state index in [4.69, 9.17) is 10.5 Å². The van der Waals surface area contributed by atoms with Crippen LogP contribution in [-0.4, -0.2) is 0 Å². The SMILES string of the molecule is NC(Cc1ccc(F)cc1)c1ccc(OCc2ccccc2)cc1. The average molecular weight is 321 g/mol. The third kappa shape index (κ3) is 4.43. The summed E-state index contributed by atoms with van der Waals surface area (Å²) in [4.78, 5) is 0. The predicted octanol–water partition coefficient (Wildman–Crippen LogP) is 4.65. The van der Waals surface area contributed by atoms with Gasteiger partial charge in [-0.05, 0) is 47.4 Å². The molecule has 3 rings (SSSR count). The first-order chi connectivity index (χ1) is 11.7. The minimum absolute atomic E-state index is 0.126. The maximum absolute atomic E-state index is 12.9. The minimum Gasteiger partial charge on any atom is -0.489 e. The minimum atomic E-state index is -0.229. The molecule has 3 aromatic rings. The molecule has 3 aromatic carbocycles. The molecule has 0 fully saturated rings. The van der Waals surface area contributed by atoms with E-state index in [1.807, 2.05) is 54.6 Å². The van der Waals surface area contributed by atoms with Gasteiger partial charge in [-0.2, -0.15) is 0 Å². The normalized spacial score (nSPS) is 11.9. The van der Waals surface area contributed by atoms with Crippen LogP contribution in [-0.2, 0) is 13.0 Å². The molecule has 0 aromatic heterocycles. The Hall–Kier alpha value is -2.65. The monoisotopic (exact) mass is 321 g/mol. The van der Waals surface area contributed by atoms with Crippen LogP contribution < -0.4 is 10.5 Å². The number of ether oxygens (including phenoxy) is 1. The van der Waals surface area contributed by atoms with Gasteiger partial charge in [-0.3, -0.25) is 0 Å². The van der Waals surface area contributed by atoms with E-state index in [1.54, 1.807) is 12.1 Å². The lowest BCUT2D eigenvalue weighted by atomic mass is 10.00. The summed E-state index contributed by atoms with van der Waals surface area (Å²) in [7, 11) is 0. The van der Waals surface area contributed by atoms with Gasteiger partial charge >= 0.3 is 0 Å². The topological polar surface area (TPSA) is 35.2 Å². The second-order valence-electron chi connectivity index (χ2n) is 5.78. The summed E-state index contributed by atoms with van der Waals surface area (Å²) in [5.41, 5.74) is 9.43. The van der Waals surface area contributed by atoms with Crippen LogP contribution in [0, 0.1) is 5.82 Å². The lowest BCUT2D eigenvalue weighted by molar-refractivity contribution is 0.306. The van der Waals surface area contributed by atoms with Crippen LogP contribution in [0.4, 0.5) is 4.39 Å². The summed E-state index contributed by atoms with van der Waals surface area (Å²) in [6, 6.07) is 24.2. The molecule has 0 bridgehead atoms. The molecular weight excluding hydrogens is 301 g/mol. The molecule has 0 radical (unpaired) electrons. The van der Waals surface area contributed by atoms with Crippen LogP contribution >= 0.6 is 0 Å². The van der Waals surface area contributed by atoms with Gasteiger partial charge in [0.25, 0.3) is 0 Å². The summed E-state index contributed by atoms with van der Waals surface area (Å²) in [5, 5.41) is 0. The Kier molecular flexibility index (Phi) is 5.24. The number of hydrogen-bond acceptors (Lipinski definition) is 2. The zero-order chi connectivity index (χ0) is 16.8. The maximum Gasteiger partial charge on any atom is 0.123 e. The van der Waals surface area contributed by atoms with Crippen LogP contribution in [0.15, 0.2) is 78.9 Å². The Morgan fingerprint density at radius 1 is 0.792 bits per heavy atom. The Morgan fingerprint density at radius 3 is 2.12 bits per heavy atom. The van der Waals surface area contributed by atoms with E-state index in [9.17, 15) is 4.39 Å². The molecule has 0 spiro atoms. The van der Waals surface area contributed by atoms with E-state index < -0.39 is 0 Å². The van der Waals surface area contributed by atoms with Crippen molar-refractivity contribution in [1.29, 1.82) is 0 Å². The summed E-state index contributed by atoms with van der Waals surface area (Å²) in [5.74, 6) is 0.587. The molecule has 122 valence electrons. The van der Waals surface area contributed by atoms with Gasteiger partial charge < -0.3 is 10.5 Å². The first kappa shape index (κ1) is 16.2. The van der Waals surface area contributed by atoms with E-state index in [-0.39, 0.29) is 11.9 Å². The van der Waals surface area contributed by atoms with Crippen molar-refractivity contribution in [3.8, 4) is 5.75 Å². The van der Waals surface area contributed by atoms with Gasteiger partial charge in [0.1, 0.15) is 18.2 Å². The Morgan fingerprint density at radius 2 is 1.46 bits per heavy atom. The van der Waals surface area contributed by atoms with Gasteiger partial charge in [0.15, 0.2) is 0 Å². The van der Waals surface area contributed by atoms with Gasteiger partial charge in [0, 0.05) is 6.04 Å². The average Bonchev–Trinajstić information content (AvgIpc) is 2.63. The predicted molar refractivity (Wildman–Crippen MR) is 94.2 cm³/mol. The van der Waals surface area contributed by atoms with Gasteiger partial charge in [-0.1, -0.05) is 54.6 Å². The maximum atomic E-state index is 12.9. The fraction of sp³-hybridized carbons (Fsp3) is 0.143. The van der Waals surface area contributed by atoms with Crippen LogP contribution in [0.5, 0.6) is 5.75 Å². The fourth-order valence-electron chi connectivity index (χ4n) is 2.54. The second kappa shape index (κ2) is 7.75. The zero-order valence-corrected chi connectivity index (χ0v) is 13.4. The summed E-state index contributed by atoms with van der Waals surface area (Å²) < 4.78 is 18.7. The fourth-order valence-corrected chi connectivity index (χ4v) is 2.54. The third-order valence-corrected chi connectivity index (χ3v) is 3.93. The molecule has 3 heteroatoms. The molecule has 1 unspecified atom stereocenters. The molecule has 0 saturated heterocycles. The van der Waals surface area contributed by atoms with Gasteiger partial charge in [-0.15, -0.1) is 0 Å². The molecule has 0 aliphatic rings. The molecular formula is C21H20FNO. The molecule has 0 saturated carbocycles. The molecule has 0 aliphatic heterocycles. The number of rotatable bonds is 6. The third-order valence-electron chi connectivity index (χ3n) is 3.93. The van der Waals surface area contributed by atoms with Crippen LogP contribution in [0.1, 0.15) is 22.7 Å². The Bertz CT molecular complexity index is 754. The van der Waals surface area contributed by atoms with Crippen molar-refractivity contribution in [3.63, 3.8) is 0 Å². The highest BCUT2D eigenvalue weighted by atomic mass is 19.1. The van der Waals surface area contributed by atoms with Crippen LogP contribution in [0.3, 0.4) is 0 Å². The van der Waals surface area contributed by atoms with Crippen LogP contribution in [0.2, 0.25) is 0 Å². The molecule has 0 heterocycles. The largest absolute Gasteiger partial charge is 0.489 e. The van der Waals surface area contributed by atoms with Crippen LogP contribution in [0.25, 0.3) is 0 Å². The molecule has 0 aliphatic carbocycles. The molecule has 2 N–H and O–H groups in total. The highest BCUT2D eigenvalue weighted by molar-refractivity contribution is 5.31. The molecule has 2 nitrogen and oxygen atoms in total. The standard InChI is InChI=1S/C21H20FNO/c22-19-10-6-16(7-11-19)14-21(23)18-8-12-20(13-9-18)24-15-17-4-2-1-3-5-17/h1-13,21H,14-15,23H2. The number of hydrogen-bond donors (Lipinski definition) is 1. The van der Waals surface area contributed by atoms with Gasteiger partial charge in [0.2, 0.25) is 0 Å². The number of halogens is 1. The van der Waals surface area contributed by atoms with Crippen molar-refractivity contribution in [2.45, 2.75) is 19.1 Å². The second-order valence-corrected chi connectivity index (χ2v) is 5.78. The Balaban J connectivity index is 1.58. The van der Waals surface area contributed by atoms with Crippen molar-refractivity contribution >= 4 is 0 Å². The zero-order valence-electron chi connectivity index (χ0n) is 13.4. The molecule has 24 heavy (non-hydrogen) atoms. The van der Waals surface area contributed by atoms with Gasteiger partial charge in [-0.25, -0.2) is 4.39 Å². The van der Waals surface area contributed by atoms with E-state index in [0.29, 0.717) is 13.0 Å². The molecule has 1 atom stereocenters. The lowest BCUT2D eigenvalue weighted by Gasteiger charge is -2.13. The first-order valence-corrected chi connectivity index (χ1v) is 7.97. The van der Waals surface area contributed by atoms with Crippen molar-refractivity contribution in [1.82, 2.24) is 0 Å². The Labute approximate surface area is 141 Å². The van der Waals surface area contributed by atoms with Crippen molar-refractivity contribution in [2.24, 2.45) is 5.73 Å². The van der Waals surface area contributed by atoms with Crippen molar-refractivity contribution in [2.75, 3.05) is 0 Å². The highest BCUT2D eigenvalue weighted by Gasteiger charge is 2.08. The lowest BCUT2D eigenvalue weighted by Crippen LogP contribution is -2.13. The number of benzene rings is 3. The first-order valence-electron chi connectivity index (χ1n) is 7.97. The summed E-state index contributed by atoms with van der Waals surface area (Å²) in [6.45, 7) is 0.543. The highest BCUT2D eigenvalue weighted by Crippen LogP contribution is 2.20. The number of nitrogens with two attached hydrogens (primary N) is 1. The quantitative estimate of drug-likeness (QED) is 0.717. The van der Waals surface area contributed by atoms with Gasteiger partial charge in [0.05, 0.1) is 0 Å². The van der Waals surface area contributed by atoms with E-state index in [0.717, 1.165) is 22.4 Å². The summed E-state index contributed by atoms with van der Waals surface area (Å²) >= 11 is 0. The van der Waals surface area contributed by atoms with E-state index in [2.05, 4.69) is 0 Å². The van der Waals surface area contributed by atoms with E-state index >= 15 is 0 Å². The van der Waals surface area contributed by atoms with Crippen molar-refractivity contribution < 1.29 is 9.13 Å². The smallest absolute Gasteiger partial charge is 0.123 e. The van der Waals surface area contributed by atoms with Crippen molar-refractivity contribution in [3.05, 3.63) is 101 Å².